The van der Waals surface area contributed by atoms with Crippen LogP contribution in [0.15, 0.2) is 72.8 Å². The molecule has 1 heterocycles. The van der Waals surface area contributed by atoms with Crippen molar-refractivity contribution in [1.29, 1.82) is 0 Å². The first-order valence-corrected chi connectivity index (χ1v) is 12.9. The quantitative estimate of drug-likeness (QED) is 0.322. The first kappa shape index (κ1) is 26.6. The van der Waals surface area contributed by atoms with E-state index in [9.17, 15) is 19.8 Å². The fourth-order valence-corrected chi connectivity index (χ4v) is 5.15. The average molecular weight is 505 g/mol. The zero-order chi connectivity index (χ0) is 26.4. The number of allylic oxidation sites excluding steroid dienone is 1. The Morgan fingerprint density at radius 1 is 1.14 bits per heavy atom. The van der Waals surface area contributed by atoms with Crippen molar-refractivity contribution in [3.8, 4) is 5.75 Å². The first-order valence-electron chi connectivity index (χ1n) is 12.9. The molecule has 37 heavy (non-hydrogen) atoms. The minimum atomic E-state index is -1.03. The van der Waals surface area contributed by atoms with Crippen LogP contribution in [0.4, 0.5) is 0 Å². The lowest BCUT2D eigenvalue weighted by molar-refractivity contribution is -0.138. The van der Waals surface area contributed by atoms with Crippen LogP contribution in [0.1, 0.15) is 48.3 Å². The third-order valence-corrected chi connectivity index (χ3v) is 7.08. The van der Waals surface area contributed by atoms with Gasteiger partial charge >= 0.3 is 0 Å². The van der Waals surface area contributed by atoms with Gasteiger partial charge in [0.15, 0.2) is 0 Å². The molecule has 0 fully saturated rings. The zero-order valence-corrected chi connectivity index (χ0v) is 21.3. The molecule has 196 valence electrons. The van der Waals surface area contributed by atoms with E-state index in [0.29, 0.717) is 30.7 Å². The Hall–Kier alpha value is -3.42. The number of carbonyl (C=O) groups is 2. The standard InChI is InChI=1S/C30H36N2O5/c1-3-4-5-6-11-26(34)32(19-21-14-12-20(2)13-15-21)24-18-23(30(36)31-16-17-33)27-22-9-7-8-10-25(22)37-29(27)28(24)35/h3,7-10,12-15,18,24,27-29,33,35H,1,4-6,11,16-17,19H2,2H3,(H,31,36)/t24-,27+,28+,29+/m1/s1. The molecule has 4 rings (SSSR count). The number of carbonyl (C=O) groups excluding carboxylic acids is 2. The molecule has 0 spiro atoms. The second-order valence-corrected chi connectivity index (χ2v) is 9.72. The van der Waals surface area contributed by atoms with Crippen LogP contribution >= 0.6 is 0 Å². The summed E-state index contributed by atoms with van der Waals surface area (Å²) in [6.45, 7) is 5.98. The first-order chi connectivity index (χ1) is 17.9. The van der Waals surface area contributed by atoms with Gasteiger partial charge in [0.1, 0.15) is 18.0 Å². The van der Waals surface area contributed by atoms with Crippen molar-refractivity contribution in [3.63, 3.8) is 0 Å². The monoisotopic (exact) mass is 504 g/mol. The van der Waals surface area contributed by atoms with Gasteiger partial charge in [0.2, 0.25) is 11.8 Å². The molecule has 0 saturated heterocycles. The highest BCUT2D eigenvalue weighted by atomic mass is 16.5. The summed E-state index contributed by atoms with van der Waals surface area (Å²) in [5.41, 5.74) is 3.32. The highest BCUT2D eigenvalue weighted by Gasteiger charge is 2.50. The molecule has 0 aromatic heterocycles. The molecule has 4 atom stereocenters. The van der Waals surface area contributed by atoms with Gasteiger partial charge in [-0.25, -0.2) is 0 Å². The van der Waals surface area contributed by atoms with Crippen LogP contribution in [0, 0.1) is 6.92 Å². The summed E-state index contributed by atoms with van der Waals surface area (Å²) in [6, 6.07) is 14.7. The van der Waals surface area contributed by atoms with E-state index < -0.39 is 24.2 Å². The molecular formula is C30H36N2O5. The second-order valence-electron chi connectivity index (χ2n) is 9.72. The van der Waals surface area contributed by atoms with E-state index in [1.807, 2.05) is 61.5 Å². The molecule has 0 bridgehead atoms. The van der Waals surface area contributed by atoms with E-state index in [2.05, 4.69) is 11.9 Å². The maximum absolute atomic E-state index is 13.6. The van der Waals surface area contributed by atoms with Gasteiger partial charge in [0, 0.05) is 30.6 Å². The smallest absolute Gasteiger partial charge is 0.247 e. The van der Waals surface area contributed by atoms with Crippen molar-refractivity contribution in [3.05, 3.63) is 89.5 Å². The number of aryl methyl sites for hydroxylation is 1. The van der Waals surface area contributed by atoms with Gasteiger partial charge in [-0.3, -0.25) is 9.59 Å². The van der Waals surface area contributed by atoms with Crippen LogP contribution in [0.2, 0.25) is 0 Å². The normalized spacial score (nSPS) is 21.8. The molecule has 7 heteroatoms. The second kappa shape index (κ2) is 12.2. The number of ether oxygens (including phenoxy) is 1. The Balaban J connectivity index is 1.70. The van der Waals surface area contributed by atoms with Crippen LogP contribution in [0.5, 0.6) is 5.75 Å². The number of aliphatic hydroxyl groups excluding tert-OH is 2. The Kier molecular flexibility index (Phi) is 8.79. The molecule has 0 radical (unpaired) electrons. The Morgan fingerprint density at radius 2 is 1.89 bits per heavy atom. The predicted molar refractivity (Wildman–Crippen MR) is 142 cm³/mol. The Bertz CT molecular complexity index is 1140. The lowest BCUT2D eigenvalue weighted by Gasteiger charge is -2.41. The maximum Gasteiger partial charge on any atom is 0.247 e. The van der Waals surface area contributed by atoms with Crippen molar-refractivity contribution in [1.82, 2.24) is 10.2 Å². The topological polar surface area (TPSA) is 99.1 Å². The lowest BCUT2D eigenvalue weighted by atomic mass is 9.77. The molecule has 1 aliphatic heterocycles. The highest BCUT2D eigenvalue weighted by Crippen LogP contribution is 2.47. The summed E-state index contributed by atoms with van der Waals surface area (Å²) in [7, 11) is 0. The average Bonchev–Trinajstić information content (AvgIpc) is 3.30. The van der Waals surface area contributed by atoms with E-state index in [0.717, 1.165) is 29.5 Å². The van der Waals surface area contributed by atoms with Crippen LogP contribution in [0.25, 0.3) is 0 Å². The van der Waals surface area contributed by atoms with E-state index in [4.69, 9.17) is 4.74 Å². The van der Waals surface area contributed by atoms with Gasteiger partial charge in [-0.15, -0.1) is 6.58 Å². The van der Waals surface area contributed by atoms with Crippen molar-refractivity contribution in [2.45, 2.75) is 63.3 Å². The maximum atomic E-state index is 13.6. The molecule has 1 aliphatic carbocycles. The minimum absolute atomic E-state index is 0.0889. The molecule has 2 aromatic carbocycles. The third kappa shape index (κ3) is 5.95. The number of nitrogens with one attached hydrogen (secondary N) is 1. The van der Waals surface area contributed by atoms with E-state index >= 15 is 0 Å². The van der Waals surface area contributed by atoms with Crippen molar-refractivity contribution in [2.75, 3.05) is 13.2 Å². The number of aliphatic hydroxyl groups is 2. The molecule has 0 unspecified atom stereocenters. The number of amides is 2. The lowest BCUT2D eigenvalue weighted by Crippen LogP contribution is -2.55. The van der Waals surface area contributed by atoms with Crippen LogP contribution in [-0.2, 0) is 16.1 Å². The number of nitrogens with zero attached hydrogens (tertiary/aromatic N) is 1. The molecule has 7 nitrogen and oxygen atoms in total. The third-order valence-electron chi connectivity index (χ3n) is 7.08. The fourth-order valence-electron chi connectivity index (χ4n) is 5.15. The van der Waals surface area contributed by atoms with Gasteiger partial charge in [-0.1, -0.05) is 54.1 Å². The Labute approximate surface area is 218 Å². The van der Waals surface area contributed by atoms with Crippen LogP contribution in [0.3, 0.4) is 0 Å². The van der Waals surface area contributed by atoms with E-state index in [1.54, 1.807) is 11.0 Å². The molecule has 2 aliphatic rings. The number of hydrogen-bond donors (Lipinski definition) is 3. The number of benzene rings is 2. The summed E-state index contributed by atoms with van der Waals surface area (Å²) in [6.07, 6.45) is 4.55. The van der Waals surface area contributed by atoms with Crippen molar-refractivity contribution < 1.29 is 24.5 Å². The fraction of sp³-hybridized carbons (Fsp3) is 0.400. The van der Waals surface area contributed by atoms with Crippen molar-refractivity contribution in [2.24, 2.45) is 0 Å². The summed E-state index contributed by atoms with van der Waals surface area (Å²) < 4.78 is 6.18. The van der Waals surface area contributed by atoms with Gasteiger partial charge in [-0.2, -0.15) is 0 Å². The van der Waals surface area contributed by atoms with Crippen LogP contribution in [-0.4, -0.2) is 58.3 Å². The highest BCUT2D eigenvalue weighted by molar-refractivity contribution is 5.96. The summed E-state index contributed by atoms with van der Waals surface area (Å²) >= 11 is 0. The van der Waals surface area contributed by atoms with Crippen molar-refractivity contribution >= 4 is 11.8 Å². The summed E-state index contributed by atoms with van der Waals surface area (Å²) in [5.74, 6) is -0.270. The zero-order valence-electron chi connectivity index (χ0n) is 21.3. The number of para-hydroxylation sites is 1. The minimum Gasteiger partial charge on any atom is -0.486 e. The number of rotatable bonds is 11. The van der Waals surface area contributed by atoms with Crippen LogP contribution < -0.4 is 10.1 Å². The van der Waals surface area contributed by atoms with Gasteiger partial charge in [-0.05, 0) is 43.9 Å². The summed E-state index contributed by atoms with van der Waals surface area (Å²) in [5, 5.41) is 23.6. The predicted octanol–water partition coefficient (Wildman–Crippen LogP) is 3.39. The SMILES string of the molecule is C=CCCCCC(=O)N(Cc1ccc(C)cc1)[C@@H]1C=C(C(=O)NCCO)[C@@H]2c3ccccc3O[C@@H]2[C@H]1O. The number of unbranched alkanes of at least 4 members (excludes halogenated alkanes) is 2. The van der Waals surface area contributed by atoms with Gasteiger partial charge in [0.25, 0.3) is 0 Å². The summed E-state index contributed by atoms with van der Waals surface area (Å²) in [4.78, 5) is 28.5. The van der Waals surface area contributed by atoms with E-state index in [-0.39, 0.29) is 25.0 Å². The van der Waals surface area contributed by atoms with Gasteiger partial charge < -0.3 is 25.2 Å². The largest absolute Gasteiger partial charge is 0.486 e. The molecule has 0 saturated carbocycles. The Morgan fingerprint density at radius 3 is 2.62 bits per heavy atom. The van der Waals surface area contributed by atoms with E-state index in [1.165, 1.54) is 0 Å². The molecule has 2 amide bonds. The molecular weight excluding hydrogens is 468 g/mol. The molecule has 3 N–H and O–H groups in total. The van der Waals surface area contributed by atoms with Gasteiger partial charge in [0.05, 0.1) is 18.6 Å². The number of hydrogen-bond acceptors (Lipinski definition) is 5. The molecule has 2 aromatic rings. The number of fused-ring (bicyclic) bond motifs is 3.